The summed E-state index contributed by atoms with van der Waals surface area (Å²) in [6.45, 7) is 0.526. The van der Waals surface area contributed by atoms with E-state index in [1.54, 1.807) is 30.9 Å². The molecule has 110 valence electrons. The summed E-state index contributed by atoms with van der Waals surface area (Å²) in [6, 6.07) is 9.15. The van der Waals surface area contributed by atoms with Crippen LogP contribution < -0.4 is 0 Å². The molecule has 0 unspecified atom stereocenters. The minimum absolute atomic E-state index is 0.307. The van der Waals surface area contributed by atoms with Gasteiger partial charge in [0.15, 0.2) is 5.60 Å². The lowest BCUT2D eigenvalue weighted by Gasteiger charge is -2.17. The van der Waals surface area contributed by atoms with Crippen LogP contribution >= 0.6 is 11.6 Å². The van der Waals surface area contributed by atoms with Crippen LogP contribution in [0.5, 0.6) is 0 Å². The normalized spacial score (nSPS) is 22.1. The molecule has 1 aliphatic heterocycles. The summed E-state index contributed by atoms with van der Waals surface area (Å²) in [5, 5.41) is 15.6. The number of amides is 1. The van der Waals surface area contributed by atoms with Crippen LogP contribution in [0.3, 0.4) is 0 Å². The molecule has 2 aromatic rings. The van der Waals surface area contributed by atoms with Crippen molar-refractivity contribution in [2.75, 3.05) is 13.6 Å². The quantitative estimate of drug-likeness (QED) is 0.920. The molecule has 0 aliphatic carbocycles. The largest absolute Gasteiger partial charge is 0.374 e. The van der Waals surface area contributed by atoms with Gasteiger partial charge in [0.05, 0.1) is 5.69 Å². The zero-order valence-corrected chi connectivity index (χ0v) is 12.6. The highest BCUT2D eigenvalue weighted by Crippen LogP contribution is 2.34. The lowest BCUT2D eigenvalue weighted by atomic mass is 9.97. The number of hydrogen-bond acceptors (Lipinski definition) is 3. The summed E-state index contributed by atoms with van der Waals surface area (Å²) in [7, 11) is 3.47. The number of nitrogens with zero attached hydrogens (tertiary/aromatic N) is 3. The van der Waals surface area contributed by atoms with Crippen LogP contribution in [0.25, 0.3) is 11.3 Å². The molecule has 0 saturated carbocycles. The Morgan fingerprint density at radius 2 is 2.10 bits per heavy atom. The summed E-state index contributed by atoms with van der Waals surface area (Å²) >= 11 is 6.01. The monoisotopic (exact) mass is 305 g/mol. The van der Waals surface area contributed by atoms with Gasteiger partial charge in [-0.2, -0.15) is 5.10 Å². The van der Waals surface area contributed by atoms with Crippen molar-refractivity contribution in [1.29, 1.82) is 0 Å². The Morgan fingerprint density at radius 3 is 2.71 bits per heavy atom. The molecule has 1 aliphatic rings. The zero-order chi connectivity index (χ0) is 15.2. The zero-order valence-electron chi connectivity index (χ0n) is 11.9. The highest BCUT2D eigenvalue weighted by atomic mass is 35.5. The molecule has 0 bridgehead atoms. The van der Waals surface area contributed by atoms with Gasteiger partial charge in [-0.05, 0) is 18.2 Å². The van der Waals surface area contributed by atoms with Gasteiger partial charge < -0.3 is 10.0 Å². The first-order valence-corrected chi connectivity index (χ1v) is 7.08. The number of carbonyl (C=O) groups excluding carboxylic acids is 1. The molecule has 1 aromatic carbocycles. The van der Waals surface area contributed by atoms with E-state index in [1.807, 2.05) is 18.2 Å². The van der Waals surface area contributed by atoms with E-state index in [0.717, 1.165) is 11.3 Å². The molecule has 0 spiro atoms. The van der Waals surface area contributed by atoms with Crippen molar-refractivity contribution < 1.29 is 9.90 Å². The van der Waals surface area contributed by atoms with E-state index >= 15 is 0 Å². The second-order valence-corrected chi connectivity index (χ2v) is 5.82. The van der Waals surface area contributed by atoms with Gasteiger partial charge in [-0.3, -0.25) is 9.48 Å². The van der Waals surface area contributed by atoms with Crippen LogP contribution in [0.2, 0.25) is 5.02 Å². The van der Waals surface area contributed by atoms with Crippen molar-refractivity contribution >= 4 is 17.5 Å². The highest BCUT2D eigenvalue weighted by molar-refractivity contribution is 6.30. The van der Waals surface area contributed by atoms with Gasteiger partial charge in [0.25, 0.3) is 5.91 Å². The van der Waals surface area contributed by atoms with Crippen molar-refractivity contribution in [3.05, 3.63) is 41.0 Å². The number of hydrogen-bond donors (Lipinski definition) is 1. The van der Waals surface area contributed by atoms with E-state index in [9.17, 15) is 9.90 Å². The van der Waals surface area contributed by atoms with Crippen LogP contribution in [0.1, 0.15) is 12.1 Å². The Morgan fingerprint density at radius 1 is 1.33 bits per heavy atom. The maximum Gasteiger partial charge on any atom is 0.260 e. The van der Waals surface area contributed by atoms with Crippen molar-refractivity contribution in [1.82, 2.24) is 14.7 Å². The van der Waals surface area contributed by atoms with Crippen LogP contribution in [0.15, 0.2) is 30.3 Å². The lowest BCUT2D eigenvalue weighted by molar-refractivity contribution is -0.143. The molecule has 3 rings (SSSR count). The Labute approximate surface area is 127 Å². The molecule has 5 nitrogen and oxygen atoms in total. The number of aliphatic hydroxyl groups is 1. The summed E-state index contributed by atoms with van der Waals surface area (Å²) < 4.78 is 1.66. The fourth-order valence-corrected chi connectivity index (χ4v) is 2.87. The molecular weight excluding hydrogens is 290 g/mol. The topological polar surface area (TPSA) is 58.4 Å². The minimum Gasteiger partial charge on any atom is -0.374 e. The van der Waals surface area contributed by atoms with Gasteiger partial charge in [-0.25, -0.2) is 0 Å². The van der Waals surface area contributed by atoms with E-state index in [1.165, 1.54) is 4.90 Å². The van der Waals surface area contributed by atoms with Gasteiger partial charge >= 0.3 is 0 Å². The highest BCUT2D eigenvalue weighted by Gasteiger charge is 2.47. The first-order chi connectivity index (χ1) is 9.91. The first-order valence-electron chi connectivity index (χ1n) is 6.70. The van der Waals surface area contributed by atoms with Crippen LogP contribution in [0, 0.1) is 0 Å². The average molecular weight is 306 g/mol. The predicted octanol–water partition coefficient (Wildman–Crippen LogP) is 1.79. The molecule has 21 heavy (non-hydrogen) atoms. The smallest absolute Gasteiger partial charge is 0.260 e. The number of halogens is 1. The van der Waals surface area contributed by atoms with Crippen LogP contribution in [-0.2, 0) is 17.4 Å². The van der Waals surface area contributed by atoms with Gasteiger partial charge in [0.2, 0.25) is 0 Å². The Kier molecular flexibility index (Phi) is 3.26. The average Bonchev–Trinajstić information content (AvgIpc) is 2.96. The number of likely N-dealkylation sites (N-methyl/N-ethyl adjacent to an activating group) is 1. The molecule has 1 saturated heterocycles. The summed E-state index contributed by atoms with van der Waals surface area (Å²) in [6.07, 6.45) is 0.355. The second-order valence-electron chi connectivity index (χ2n) is 5.39. The molecular formula is C15H16ClN3O2. The molecule has 6 heteroatoms. The van der Waals surface area contributed by atoms with E-state index in [2.05, 4.69) is 5.10 Å². The third-order valence-electron chi connectivity index (χ3n) is 3.93. The first kappa shape index (κ1) is 14.1. The summed E-state index contributed by atoms with van der Waals surface area (Å²) in [5.74, 6) is -0.307. The minimum atomic E-state index is -1.52. The number of aryl methyl sites for hydroxylation is 1. The van der Waals surface area contributed by atoms with E-state index in [0.29, 0.717) is 23.7 Å². The molecule has 1 aromatic heterocycles. The van der Waals surface area contributed by atoms with Crippen molar-refractivity contribution in [3.63, 3.8) is 0 Å². The third-order valence-corrected chi connectivity index (χ3v) is 4.17. The number of likely N-dealkylation sites (tertiary alicyclic amines) is 1. The maximum atomic E-state index is 12.1. The molecule has 0 radical (unpaired) electrons. The SMILES string of the molecule is CN1CC[C@](O)(c2cc(-c3cccc(Cl)c3)n(C)n2)C1=O. The Balaban J connectivity index is 2.05. The molecule has 1 atom stereocenters. The van der Waals surface area contributed by atoms with Crippen LogP contribution in [0.4, 0.5) is 0 Å². The van der Waals surface area contributed by atoms with Gasteiger partial charge in [0, 0.05) is 37.6 Å². The summed E-state index contributed by atoms with van der Waals surface area (Å²) in [4.78, 5) is 13.7. The molecule has 1 fully saturated rings. The van der Waals surface area contributed by atoms with Crippen LogP contribution in [-0.4, -0.2) is 39.3 Å². The molecule has 1 amide bonds. The number of benzene rings is 1. The molecule has 2 heterocycles. The number of aromatic nitrogens is 2. The third kappa shape index (κ3) is 2.22. The summed E-state index contributed by atoms with van der Waals surface area (Å²) in [5.41, 5.74) is 0.562. The van der Waals surface area contributed by atoms with Gasteiger partial charge in [-0.1, -0.05) is 23.7 Å². The van der Waals surface area contributed by atoms with E-state index in [4.69, 9.17) is 11.6 Å². The molecule has 1 N–H and O–H groups in total. The van der Waals surface area contributed by atoms with Gasteiger partial charge in [0.1, 0.15) is 5.69 Å². The van der Waals surface area contributed by atoms with Crippen molar-refractivity contribution in [3.8, 4) is 11.3 Å². The van der Waals surface area contributed by atoms with Crippen molar-refractivity contribution in [2.24, 2.45) is 7.05 Å². The fraction of sp³-hybridized carbons (Fsp3) is 0.333. The Hall–Kier alpha value is -1.85. The lowest BCUT2D eigenvalue weighted by Crippen LogP contribution is -2.36. The predicted molar refractivity (Wildman–Crippen MR) is 79.8 cm³/mol. The number of rotatable bonds is 2. The van der Waals surface area contributed by atoms with Crippen molar-refractivity contribution in [2.45, 2.75) is 12.0 Å². The number of carbonyl (C=O) groups is 1. The second kappa shape index (κ2) is 4.86. The van der Waals surface area contributed by atoms with E-state index in [-0.39, 0.29) is 5.91 Å². The van der Waals surface area contributed by atoms with E-state index < -0.39 is 5.60 Å². The Bertz CT molecular complexity index is 713. The van der Waals surface area contributed by atoms with Gasteiger partial charge in [-0.15, -0.1) is 0 Å². The maximum absolute atomic E-state index is 12.1. The fourth-order valence-electron chi connectivity index (χ4n) is 2.68. The standard InChI is InChI=1S/C15H16ClN3O2/c1-18-7-6-15(21,14(18)20)13-9-12(19(2)17-13)10-4-3-5-11(16)8-10/h3-5,8-9,21H,6-7H2,1-2H3/t15-/m0/s1.